The zero-order valence-electron chi connectivity index (χ0n) is 11.7. The monoisotopic (exact) mass is 226 g/mol. The van der Waals surface area contributed by atoms with Gasteiger partial charge in [-0.15, -0.1) is 0 Å². The molecular weight excluding hydrogens is 196 g/mol. The van der Waals surface area contributed by atoms with Gasteiger partial charge in [0.25, 0.3) is 0 Å². The Kier molecular flexibility index (Phi) is 5.77. The molecule has 1 unspecified atom stereocenters. The molecule has 0 saturated heterocycles. The van der Waals surface area contributed by atoms with Crippen molar-refractivity contribution in [2.75, 3.05) is 33.2 Å². The molecular formula is C14H30N2. The largest absolute Gasteiger partial charge is 0.319 e. The van der Waals surface area contributed by atoms with Crippen LogP contribution < -0.4 is 5.32 Å². The van der Waals surface area contributed by atoms with Crippen molar-refractivity contribution in [2.24, 2.45) is 11.3 Å². The summed E-state index contributed by atoms with van der Waals surface area (Å²) in [6.45, 7) is 11.9. The molecule has 0 aliphatic heterocycles. The third kappa shape index (κ3) is 4.06. The van der Waals surface area contributed by atoms with E-state index < -0.39 is 0 Å². The zero-order valence-corrected chi connectivity index (χ0v) is 11.7. The minimum absolute atomic E-state index is 0.439. The molecule has 2 heteroatoms. The summed E-state index contributed by atoms with van der Waals surface area (Å²) in [4.78, 5) is 2.66. The van der Waals surface area contributed by atoms with Crippen molar-refractivity contribution in [1.29, 1.82) is 0 Å². The van der Waals surface area contributed by atoms with Gasteiger partial charge in [0.2, 0.25) is 0 Å². The molecule has 0 aromatic heterocycles. The molecule has 16 heavy (non-hydrogen) atoms. The maximum absolute atomic E-state index is 3.34. The molecule has 96 valence electrons. The minimum atomic E-state index is 0.439. The van der Waals surface area contributed by atoms with Crippen molar-refractivity contribution in [2.45, 2.75) is 46.5 Å². The number of rotatable bonds is 8. The van der Waals surface area contributed by atoms with E-state index >= 15 is 0 Å². The Hall–Kier alpha value is -0.0800. The van der Waals surface area contributed by atoms with Crippen LogP contribution in [-0.2, 0) is 0 Å². The third-order valence-corrected chi connectivity index (χ3v) is 4.25. The van der Waals surface area contributed by atoms with Crippen molar-refractivity contribution >= 4 is 0 Å². The molecule has 0 aromatic carbocycles. The smallest absolute Gasteiger partial charge is 0.00474 e. The number of nitrogens with zero attached hydrogens (tertiary/aromatic N) is 1. The van der Waals surface area contributed by atoms with Gasteiger partial charge in [-0.25, -0.2) is 0 Å². The Morgan fingerprint density at radius 3 is 2.38 bits per heavy atom. The summed E-state index contributed by atoms with van der Waals surface area (Å²) in [6.07, 6.45) is 5.65. The van der Waals surface area contributed by atoms with Crippen molar-refractivity contribution in [1.82, 2.24) is 10.2 Å². The summed E-state index contributed by atoms with van der Waals surface area (Å²) in [6, 6.07) is 0. The Morgan fingerprint density at radius 1 is 1.31 bits per heavy atom. The molecule has 1 saturated carbocycles. The molecule has 0 spiro atoms. The summed E-state index contributed by atoms with van der Waals surface area (Å²) in [5.74, 6) is 0.996. The highest BCUT2D eigenvalue weighted by molar-refractivity contribution is 4.81. The molecule has 1 rings (SSSR count). The lowest BCUT2D eigenvalue weighted by atomic mass is 9.83. The molecule has 1 aliphatic rings. The van der Waals surface area contributed by atoms with E-state index in [1.54, 1.807) is 0 Å². The van der Waals surface area contributed by atoms with E-state index in [9.17, 15) is 0 Å². The van der Waals surface area contributed by atoms with Crippen LogP contribution in [0.2, 0.25) is 0 Å². The normalized spacial score (nSPS) is 20.8. The third-order valence-electron chi connectivity index (χ3n) is 4.25. The summed E-state index contributed by atoms with van der Waals surface area (Å²) < 4.78 is 0. The standard InChI is InChI=1S/C14H30N2/c1-5-14(3,11-15-4)12-16(6-2)10-13-8-7-9-13/h13,15H,5-12H2,1-4H3. The number of hydrogen-bond donors (Lipinski definition) is 1. The van der Waals surface area contributed by atoms with Crippen molar-refractivity contribution < 1.29 is 0 Å². The van der Waals surface area contributed by atoms with Crippen LogP contribution in [0, 0.1) is 11.3 Å². The lowest BCUT2D eigenvalue weighted by molar-refractivity contribution is 0.121. The maximum Gasteiger partial charge on any atom is 0.00474 e. The van der Waals surface area contributed by atoms with Crippen LogP contribution in [0.15, 0.2) is 0 Å². The molecule has 0 heterocycles. The van der Waals surface area contributed by atoms with Gasteiger partial charge in [0.15, 0.2) is 0 Å². The fourth-order valence-electron chi connectivity index (χ4n) is 2.61. The predicted molar refractivity (Wildman–Crippen MR) is 71.8 cm³/mol. The van der Waals surface area contributed by atoms with Gasteiger partial charge in [-0.3, -0.25) is 0 Å². The van der Waals surface area contributed by atoms with E-state index in [-0.39, 0.29) is 0 Å². The Labute approximate surface area is 102 Å². The van der Waals surface area contributed by atoms with E-state index in [0.29, 0.717) is 5.41 Å². The maximum atomic E-state index is 3.34. The van der Waals surface area contributed by atoms with Gasteiger partial charge in [0, 0.05) is 19.6 Å². The van der Waals surface area contributed by atoms with Crippen LogP contribution in [-0.4, -0.2) is 38.1 Å². The predicted octanol–water partition coefficient (Wildman–Crippen LogP) is 2.74. The second-order valence-corrected chi connectivity index (χ2v) is 5.82. The van der Waals surface area contributed by atoms with E-state index in [0.717, 1.165) is 12.5 Å². The molecule has 1 aliphatic carbocycles. The second-order valence-electron chi connectivity index (χ2n) is 5.82. The Morgan fingerprint density at radius 2 is 2.00 bits per heavy atom. The van der Waals surface area contributed by atoms with Crippen LogP contribution in [0.5, 0.6) is 0 Å². The lowest BCUT2D eigenvalue weighted by Crippen LogP contribution is -2.43. The summed E-state index contributed by atoms with van der Waals surface area (Å²) in [7, 11) is 2.07. The van der Waals surface area contributed by atoms with Gasteiger partial charge in [0.1, 0.15) is 0 Å². The van der Waals surface area contributed by atoms with Crippen LogP contribution >= 0.6 is 0 Å². The quantitative estimate of drug-likeness (QED) is 0.684. The van der Waals surface area contributed by atoms with Crippen LogP contribution in [0.3, 0.4) is 0 Å². The summed E-state index contributed by atoms with van der Waals surface area (Å²) in [5.41, 5.74) is 0.439. The first kappa shape index (κ1) is 14.0. The minimum Gasteiger partial charge on any atom is -0.319 e. The summed E-state index contributed by atoms with van der Waals surface area (Å²) >= 11 is 0. The second kappa shape index (κ2) is 6.61. The highest BCUT2D eigenvalue weighted by Gasteiger charge is 2.26. The first-order valence-corrected chi connectivity index (χ1v) is 7.00. The molecule has 1 N–H and O–H groups in total. The average Bonchev–Trinajstić information content (AvgIpc) is 2.22. The first-order valence-electron chi connectivity index (χ1n) is 7.00. The fraction of sp³-hybridized carbons (Fsp3) is 1.00. The number of nitrogens with one attached hydrogen (secondary N) is 1. The average molecular weight is 226 g/mol. The molecule has 2 nitrogen and oxygen atoms in total. The SMILES string of the molecule is CCN(CC1CCC1)CC(C)(CC)CNC. The van der Waals surface area contributed by atoms with E-state index in [2.05, 4.69) is 38.0 Å². The van der Waals surface area contributed by atoms with Gasteiger partial charge in [-0.2, -0.15) is 0 Å². The van der Waals surface area contributed by atoms with Gasteiger partial charge in [-0.05, 0) is 44.2 Å². The van der Waals surface area contributed by atoms with Crippen LogP contribution in [0.1, 0.15) is 46.5 Å². The Balaban J connectivity index is 2.39. The van der Waals surface area contributed by atoms with Crippen LogP contribution in [0.4, 0.5) is 0 Å². The molecule has 0 bridgehead atoms. The molecule has 0 amide bonds. The van der Waals surface area contributed by atoms with Crippen molar-refractivity contribution in [3.05, 3.63) is 0 Å². The van der Waals surface area contributed by atoms with Gasteiger partial charge < -0.3 is 10.2 Å². The highest BCUT2D eigenvalue weighted by Crippen LogP contribution is 2.29. The van der Waals surface area contributed by atoms with Gasteiger partial charge in [0.05, 0.1) is 0 Å². The number of hydrogen-bond acceptors (Lipinski definition) is 2. The van der Waals surface area contributed by atoms with Gasteiger partial charge in [-0.1, -0.05) is 27.2 Å². The highest BCUT2D eigenvalue weighted by atomic mass is 15.1. The van der Waals surface area contributed by atoms with Crippen LogP contribution in [0.25, 0.3) is 0 Å². The molecule has 1 fully saturated rings. The topological polar surface area (TPSA) is 15.3 Å². The molecule has 1 atom stereocenters. The fourth-order valence-corrected chi connectivity index (χ4v) is 2.61. The summed E-state index contributed by atoms with van der Waals surface area (Å²) in [5, 5.41) is 3.34. The van der Waals surface area contributed by atoms with Crippen molar-refractivity contribution in [3.63, 3.8) is 0 Å². The van der Waals surface area contributed by atoms with Gasteiger partial charge >= 0.3 is 0 Å². The van der Waals surface area contributed by atoms with E-state index in [4.69, 9.17) is 0 Å². The van der Waals surface area contributed by atoms with E-state index in [1.807, 2.05) is 0 Å². The first-order chi connectivity index (χ1) is 7.63. The molecule has 0 aromatic rings. The zero-order chi connectivity index (χ0) is 12.0. The Bertz CT molecular complexity index is 189. The molecule has 0 radical (unpaired) electrons. The van der Waals surface area contributed by atoms with Crippen molar-refractivity contribution in [3.8, 4) is 0 Å². The van der Waals surface area contributed by atoms with E-state index in [1.165, 1.54) is 45.3 Å². The lowest BCUT2D eigenvalue weighted by Gasteiger charge is -2.38.